The zero-order valence-corrected chi connectivity index (χ0v) is 16.1. The Bertz CT molecular complexity index is 859. The Hall–Kier alpha value is -3.00. The van der Waals surface area contributed by atoms with Gasteiger partial charge < -0.3 is 9.47 Å². The van der Waals surface area contributed by atoms with Crippen LogP contribution in [0.2, 0.25) is 0 Å². The summed E-state index contributed by atoms with van der Waals surface area (Å²) in [5.41, 5.74) is 2.25. The quantitative estimate of drug-likeness (QED) is 0.534. The van der Waals surface area contributed by atoms with Crippen LogP contribution in [0.25, 0.3) is 0 Å². The summed E-state index contributed by atoms with van der Waals surface area (Å²) in [6.07, 6.45) is 2.01. The van der Waals surface area contributed by atoms with E-state index < -0.39 is 11.9 Å². The molecule has 2 aromatic rings. The minimum atomic E-state index is -0.681. The van der Waals surface area contributed by atoms with Crippen molar-refractivity contribution in [2.24, 2.45) is 0 Å². The molecule has 0 N–H and O–H groups in total. The van der Waals surface area contributed by atoms with E-state index in [1.165, 1.54) is 23.2 Å². The van der Waals surface area contributed by atoms with Crippen molar-refractivity contribution >= 4 is 40.0 Å². The molecule has 142 valence electrons. The zero-order chi connectivity index (χ0) is 19.8. The second-order valence-electron chi connectivity index (χ2n) is 5.51. The molecule has 0 fully saturated rings. The number of ether oxygens (including phenoxy) is 2. The Balaban J connectivity index is 2.03. The summed E-state index contributed by atoms with van der Waals surface area (Å²) in [5.74, 6) is -1.46. The number of carbonyl (C=O) groups excluding carboxylic acids is 3. The highest BCUT2D eigenvalue weighted by molar-refractivity contribution is 7.14. The lowest BCUT2D eigenvalue weighted by atomic mass is 10.2. The van der Waals surface area contributed by atoms with E-state index in [2.05, 4.69) is 9.72 Å². The van der Waals surface area contributed by atoms with Crippen LogP contribution in [0.1, 0.15) is 25.1 Å². The molecule has 0 aliphatic heterocycles. The third kappa shape index (κ3) is 6.03. The molecular weight excluding hydrogens is 368 g/mol. The Labute approximate surface area is 161 Å². The first kappa shape index (κ1) is 20.3. The normalized spacial score (nSPS) is 10.6. The van der Waals surface area contributed by atoms with Crippen molar-refractivity contribution in [3.63, 3.8) is 0 Å². The number of amides is 1. The number of aromatic nitrogens is 1. The van der Waals surface area contributed by atoms with Gasteiger partial charge in [0.15, 0.2) is 5.13 Å². The molecule has 7 nitrogen and oxygen atoms in total. The predicted octanol–water partition coefficient (Wildman–Crippen LogP) is 3.30. The van der Waals surface area contributed by atoms with Crippen LogP contribution in [0, 0.1) is 6.92 Å². The second kappa shape index (κ2) is 9.63. The molecule has 0 bridgehead atoms. The first-order chi connectivity index (χ1) is 12.9. The molecule has 0 unspecified atom stereocenters. The Morgan fingerprint density at radius 2 is 1.89 bits per heavy atom. The number of hydrogen-bond donors (Lipinski definition) is 0. The lowest BCUT2D eigenvalue weighted by Gasteiger charge is -2.18. The lowest BCUT2D eigenvalue weighted by molar-refractivity contribution is -0.141. The fraction of sp³-hybridized carbons (Fsp3) is 0.263. The molecule has 8 heteroatoms. The molecule has 1 amide bonds. The minimum Gasteiger partial charge on any atom is -0.463 e. The zero-order valence-electron chi connectivity index (χ0n) is 15.3. The van der Waals surface area contributed by atoms with E-state index in [1.54, 1.807) is 12.3 Å². The first-order valence-corrected chi connectivity index (χ1v) is 9.12. The summed E-state index contributed by atoms with van der Waals surface area (Å²) in [6, 6.07) is 7.53. The summed E-state index contributed by atoms with van der Waals surface area (Å²) in [5, 5.41) is 2.20. The average molecular weight is 388 g/mol. The number of hydrogen-bond acceptors (Lipinski definition) is 7. The largest absolute Gasteiger partial charge is 0.463 e. The van der Waals surface area contributed by atoms with Gasteiger partial charge in [-0.05, 0) is 31.5 Å². The maximum Gasteiger partial charge on any atom is 0.331 e. The second-order valence-corrected chi connectivity index (χ2v) is 6.34. The number of nitrogens with zero attached hydrogens (tertiary/aromatic N) is 2. The third-order valence-corrected chi connectivity index (χ3v) is 4.18. The number of thiazole rings is 1. The molecule has 27 heavy (non-hydrogen) atoms. The van der Waals surface area contributed by atoms with Gasteiger partial charge in [0.25, 0.3) is 0 Å². The molecule has 1 aromatic carbocycles. The smallest absolute Gasteiger partial charge is 0.331 e. The minimum absolute atomic E-state index is 0.0674. The van der Waals surface area contributed by atoms with Crippen LogP contribution in [0.3, 0.4) is 0 Å². The maximum atomic E-state index is 12.1. The number of esters is 2. The fourth-order valence-corrected chi connectivity index (χ4v) is 3.05. The van der Waals surface area contributed by atoms with Crippen LogP contribution in [-0.4, -0.2) is 29.4 Å². The topological polar surface area (TPSA) is 85.8 Å². The van der Waals surface area contributed by atoms with Gasteiger partial charge in [0.1, 0.15) is 6.61 Å². The van der Waals surface area contributed by atoms with Crippen molar-refractivity contribution in [3.8, 4) is 0 Å². The Morgan fingerprint density at radius 1 is 1.19 bits per heavy atom. The molecule has 0 spiro atoms. The summed E-state index contributed by atoms with van der Waals surface area (Å²) in [7, 11) is 0. The first-order valence-electron chi connectivity index (χ1n) is 8.24. The highest BCUT2D eigenvalue weighted by Gasteiger charge is 2.18. The molecule has 0 saturated carbocycles. The summed E-state index contributed by atoms with van der Waals surface area (Å²) in [4.78, 5) is 40.7. The number of anilines is 2. The van der Waals surface area contributed by atoms with Gasteiger partial charge in [-0.3, -0.25) is 9.69 Å². The number of benzene rings is 1. The highest BCUT2D eigenvalue weighted by Crippen LogP contribution is 2.29. The van der Waals surface area contributed by atoms with Crippen LogP contribution in [0.4, 0.5) is 10.8 Å². The van der Waals surface area contributed by atoms with E-state index >= 15 is 0 Å². The van der Waals surface area contributed by atoms with Crippen LogP contribution >= 0.6 is 11.3 Å². The van der Waals surface area contributed by atoms with Gasteiger partial charge in [-0.15, -0.1) is 11.3 Å². The molecule has 1 aromatic heterocycles. The van der Waals surface area contributed by atoms with Crippen LogP contribution < -0.4 is 4.90 Å². The van der Waals surface area contributed by atoms with E-state index in [-0.39, 0.29) is 19.1 Å². The average Bonchev–Trinajstić information content (AvgIpc) is 3.07. The Kier molecular flexibility index (Phi) is 7.25. The van der Waals surface area contributed by atoms with Gasteiger partial charge in [-0.1, -0.05) is 12.1 Å². The summed E-state index contributed by atoms with van der Waals surface area (Å²) in [6.45, 7) is 5.24. The monoisotopic (exact) mass is 388 g/mol. The van der Waals surface area contributed by atoms with Gasteiger partial charge in [-0.25, -0.2) is 14.6 Å². The van der Waals surface area contributed by atoms with E-state index in [0.717, 1.165) is 23.4 Å². The molecular formula is C19H20N2O5S. The van der Waals surface area contributed by atoms with E-state index in [9.17, 15) is 14.4 Å². The molecule has 0 saturated heterocycles. The van der Waals surface area contributed by atoms with Crippen LogP contribution in [0.5, 0.6) is 0 Å². The third-order valence-electron chi connectivity index (χ3n) is 3.31. The SMILES string of the molecule is CCOC(=O)C=CC(=O)OCc1csc(N(C(C)=O)c2cccc(C)c2)n1. The fourth-order valence-electron chi connectivity index (χ4n) is 2.18. The molecule has 0 aliphatic rings. The predicted molar refractivity (Wildman–Crippen MR) is 102 cm³/mol. The van der Waals surface area contributed by atoms with E-state index in [1.807, 2.05) is 31.2 Å². The van der Waals surface area contributed by atoms with Crippen molar-refractivity contribution in [1.29, 1.82) is 0 Å². The number of aryl methyl sites for hydroxylation is 1. The number of rotatable bonds is 7. The molecule has 2 rings (SSSR count). The van der Waals surface area contributed by atoms with Gasteiger partial charge in [0.2, 0.25) is 5.91 Å². The molecule has 0 aliphatic carbocycles. The summed E-state index contributed by atoms with van der Waals surface area (Å²) >= 11 is 1.27. The van der Waals surface area contributed by atoms with Gasteiger partial charge in [0.05, 0.1) is 18.0 Å². The van der Waals surface area contributed by atoms with E-state index in [4.69, 9.17) is 4.74 Å². The molecule has 0 radical (unpaired) electrons. The van der Waals surface area contributed by atoms with Crippen molar-refractivity contribution in [2.45, 2.75) is 27.4 Å². The van der Waals surface area contributed by atoms with Crippen molar-refractivity contribution < 1.29 is 23.9 Å². The molecule has 0 atom stereocenters. The summed E-state index contributed by atoms with van der Waals surface area (Å²) < 4.78 is 9.72. The maximum absolute atomic E-state index is 12.1. The van der Waals surface area contributed by atoms with Crippen LogP contribution in [0.15, 0.2) is 41.8 Å². The van der Waals surface area contributed by atoms with Crippen molar-refractivity contribution in [2.75, 3.05) is 11.5 Å². The van der Waals surface area contributed by atoms with Gasteiger partial charge >= 0.3 is 11.9 Å². The van der Waals surface area contributed by atoms with Gasteiger partial charge in [-0.2, -0.15) is 0 Å². The Morgan fingerprint density at radius 3 is 2.52 bits per heavy atom. The van der Waals surface area contributed by atoms with Gasteiger partial charge in [0, 0.05) is 24.5 Å². The number of carbonyl (C=O) groups is 3. The van der Waals surface area contributed by atoms with E-state index in [0.29, 0.717) is 10.8 Å². The van der Waals surface area contributed by atoms with Crippen molar-refractivity contribution in [1.82, 2.24) is 4.98 Å². The molecule has 1 heterocycles. The highest BCUT2D eigenvalue weighted by atomic mass is 32.1. The lowest BCUT2D eigenvalue weighted by Crippen LogP contribution is -2.22. The van der Waals surface area contributed by atoms with Crippen molar-refractivity contribution in [3.05, 3.63) is 53.1 Å². The standard InChI is InChI=1S/C19H20N2O5S/c1-4-25-17(23)8-9-18(24)26-11-15-12-27-19(20-15)21(14(3)22)16-7-5-6-13(2)10-16/h5-10,12H,4,11H2,1-3H3. The van der Waals surface area contributed by atoms with Crippen LogP contribution in [-0.2, 0) is 30.5 Å².